The Morgan fingerprint density at radius 2 is 2.19 bits per heavy atom. The average Bonchev–Trinajstić information content (AvgIpc) is 3.05. The van der Waals surface area contributed by atoms with Crippen LogP contribution in [0.1, 0.15) is 28.4 Å². The first-order valence-corrected chi connectivity index (χ1v) is 6.64. The van der Waals surface area contributed by atoms with Crippen LogP contribution in [0.5, 0.6) is 0 Å². The highest BCUT2D eigenvalue weighted by Crippen LogP contribution is 2.01. The van der Waals surface area contributed by atoms with Gasteiger partial charge in [-0.05, 0) is 25.1 Å². The van der Waals surface area contributed by atoms with Crippen LogP contribution in [0.3, 0.4) is 0 Å². The van der Waals surface area contributed by atoms with Crippen molar-refractivity contribution in [2.75, 3.05) is 6.54 Å². The summed E-state index contributed by atoms with van der Waals surface area (Å²) in [6.07, 6.45) is 1.76. The molecule has 0 aliphatic heterocycles. The summed E-state index contributed by atoms with van der Waals surface area (Å²) in [6, 6.07) is 5.25. The minimum Gasteiger partial charge on any atom is -0.467 e. The molecule has 2 aromatic rings. The molecule has 112 valence electrons. The summed E-state index contributed by atoms with van der Waals surface area (Å²) in [5.74, 6) is 0.308. The number of nitrogens with one attached hydrogen (secondary N) is 2. The molecule has 7 heteroatoms. The summed E-state index contributed by atoms with van der Waals surface area (Å²) in [6.45, 7) is 2.44. The zero-order valence-corrected chi connectivity index (χ0v) is 12.0. The molecule has 21 heavy (non-hydrogen) atoms. The van der Waals surface area contributed by atoms with Gasteiger partial charge >= 0.3 is 0 Å². The molecule has 0 fully saturated rings. The minimum atomic E-state index is -0.239. The molecule has 0 saturated heterocycles. The van der Waals surface area contributed by atoms with Crippen LogP contribution >= 0.6 is 0 Å². The number of hydrogen-bond acceptors (Lipinski definition) is 4. The van der Waals surface area contributed by atoms with Gasteiger partial charge in [0, 0.05) is 20.0 Å². The smallest absolute Gasteiger partial charge is 0.269 e. The van der Waals surface area contributed by atoms with Crippen LogP contribution in [0.2, 0.25) is 0 Å². The van der Waals surface area contributed by atoms with Gasteiger partial charge in [0.05, 0.1) is 18.5 Å². The van der Waals surface area contributed by atoms with Gasteiger partial charge in [-0.1, -0.05) is 0 Å². The third kappa shape index (κ3) is 4.20. The summed E-state index contributed by atoms with van der Waals surface area (Å²) < 4.78 is 6.62. The van der Waals surface area contributed by atoms with Gasteiger partial charge < -0.3 is 15.1 Å². The van der Waals surface area contributed by atoms with E-state index < -0.39 is 0 Å². The van der Waals surface area contributed by atoms with Crippen molar-refractivity contribution in [1.29, 1.82) is 0 Å². The van der Waals surface area contributed by atoms with Crippen LogP contribution in [0, 0.1) is 6.92 Å². The molecule has 2 heterocycles. The van der Waals surface area contributed by atoms with Gasteiger partial charge in [0.15, 0.2) is 0 Å². The number of aromatic nitrogens is 2. The fourth-order valence-electron chi connectivity index (χ4n) is 1.89. The van der Waals surface area contributed by atoms with Crippen molar-refractivity contribution in [2.45, 2.75) is 19.9 Å². The summed E-state index contributed by atoms with van der Waals surface area (Å²) in [5.41, 5.74) is 1.25. The number of carbonyl (C=O) groups excluding carboxylic acids is 2. The molecule has 0 bridgehead atoms. The molecule has 0 unspecified atom stereocenters. The number of carbonyl (C=O) groups is 2. The second-order valence-corrected chi connectivity index (χ2v) is 4.66. The normalized spacial score (nSPS) is 10.4. The van der Waals surface area contributed by atoms with Crippen LogP contribution in [0.25, 0.3) is 0 Å². The molecule has 2 N–H and O–H groups in total. The van der Waals surface area contributed by atoms with Crippen LogP contribution in [-0.4, -0.2) is 28.1 Å². The van der Waals surface area contributed by atoms with Crippen molar-refractivity contribution in [3.8, 4) is 0 Å². The quantitative estimate of drug-likeness (QED) is 0.822. The monoisotopic (exact) mass is 290 g/mol. The van der Waals surface area contributed by atoms with E-state index in [0.717, 1.165) is 5.69 Å². The van der Waals surface area contributed by atoms with Gasteiger partial charge in [0.1, 0.15) is 11.5 Å². The summed E-state index contributed by atoms with van der Waals surface area (Å²) in [4.78, 5) is 23.5. The van der Waals surface area contributed by atoms with Crippen molar-refractivity contribution in [3.63, 3.8) is 0 Å². The molecule has 0 atom stereocenters. The van der Waals surface area contributed by atoms with E-state index >= 15 is 0 Å². The lowest BCUT2D eigenvalue weighted by molar-refractivity contribution is -0.121. The minimum absolute atomic E-state index is 0.145. The molecule has 0 saturated carbocycles. The van der Waals surface area contributed by atoms with E-state index in [1.807, 2.05) is 6.92 Å². The number of rotatable bonds is 6. The molecule has 0 aliphatic carbocycles. The predicted molar refractivity (Wildman–Crippen MR) is 75.4 cm³/mol. The van der Waals surface area contributed by atoms with E-state index in [1.54, 1.807) is 31.5 Å². The molecule has 7 nitrogen and oxygen atoms in total. The summed E-state index contributed by atoms with van der Waals surface area (Å²) >= 11 is 0. The van der Waals surface area contributed by atoms with Crippen molar-refractivity contribution in [1.82, 2.24) is 20.4 Å². The first-order chi connectivity index (χ1) is 10.1. The van der Waals surface area contributed by atoms with E-state index in [2.05, 4.69) is 15.7 Å². The number of nitrogens with zero attached hydrogens (tertiary/aromatic N) is 2. The highest BCUT2D eigenvalue weighted by molar-refractivity contribution is 5.92. The Bertz CT molecular complexity index is 616. The third-order valence-electron chi connectivity index (χ3n) is 2.91. The third-order valence-corrected chi connectivity index (χ3v) is 2.91. The van der Waals surface area contributed by atoms with Gasteiger partial charge in [-0.2, -0.15) is 5.10 Å². The molecule has 0 aliphatic rings. The molecule has 2 aromatic heterocycles. The Hall–Kier alpha value is -2.57. The maximum absolute atomic E-state index is 11.9. The van der Waals surface area contributed by atoms with Crippen molar-refractivity contribution >= 4 is 11.8 Å². The number of amides is 2. The Morgan fingerprint density at radius 3 is 2.81 bits per heavy atom. The van der Waals surface area contributed by atoms with E-state index in [1.165, 1.54) is 4.68 Å². The first kappa shape index (κ1) is 14.8. The van der Waals surface area contributed by atoms with Crippen molar-refractivity contribution < 1.29 is 14.0 Å². The Balaban J connectivity index is 1.70. The lowest BCUT2D eigenvalue weighted by Crippen LogP contribution is -2.31. The van der Waals surface area contributed by atoms with Gasteiger partial charge in [-0.3, -0.25) is 14.3 Å². The molecule has 2 rings (SSSR count). The first-order valence-electron chi connectivity index (χ1n) is 6.64. The lowest BCUT2D eigenvalue weighted by atomic mass is 10.3. The Morgan fingerprint density at radius 1 is 1.38 bits per heavy atom. The number of furan rings is 1. The van der Waals surface area contributed by atoms with Crippen molar-refractivity contribution in [2.24, 2.45) is 7.05 Å². The average molecular weight is 290 g/mol. The molecule has 2 amide bonds. The molecule has 0 spiro atoms. The summed E-state index contributed by atoms with van der Waals surface area (Å²) in [5, 5.41) is 9.51. The van der Waals surface area contributed by atoms with Gasteiger partial charge in [0.2, 0.25) is 5.91 Å². The number of aryl methyl sites for hydroxylation is 2. The van der Waals surface area contributed by atoms with Crippen LogP contribution < -0.4 is 10.6 Å². The zero-order chi connectivity index (χ0) is 15.2. The standard InChI is InChI=1S/C14H18N4O3/c1-10-8-12(18(2)17-10)14(20)15-6-5-13(19)16-9-11-4-3-7-21-11/h3-4,7-8H,5-6,9H2,1-2H3,(H,15,20)(H,16,19). The van der Waals surface area contributed by atoms with Crippen LogP contribution in [0.15, 0.2) is 28.9 Å². The van der Waals surface area contributed by atoms with Crippen LogP contribution in [0.4, 0.5) is 0 Å². The van der Waals surface area contributed by atoms with Gasteiger partial charge in [0.25, 0.3) is 5.91 Å². The summed E-state index contributed by atoms with van der Waals surface area (Å²) in [7, 11) is 1.71. The van der Waals surface area contributed by atoms with Gasteiger partial charge in [-0.25, -0.2) is 0 Å². The second kappa shape index (κ2) is 6.74. The van der Waals surface area contributed by atoms with E-state index in [-0.39, 0.29) is 24.8 Å². The van der Waals surface area contributed by atoms with Gasteiger partial charge in [-0.15, -0.1) is 0 Å². The predicted octanol–water partition coefficient (Wildman–Crippen LogP) is 0.758. The zero-order valence-electron chi connectivity index (χ0n) is 12.0. The largest absolute Gasteiger partial charge is 0.467 e. The molecule has 0 aromatic carbocycles. The fraction of sp³-hybridized carbons (Fsp3) is 0.357. The van der Waals surface area contributed by atoms with E-state index in [9.17, 15) is 9.59 Å². The SMILES string of the molecule is Cc1cc(C(=O)NCCC(=O)NCc2ccco2)n(C)n1. The number of hydrogen-bond donors (Lipinski definition) is 2. The highest BCUT2D eigenvalue weighted by atomic mass is 16.3. The Kier molecular flexibility index (Phi) is 4.76. The second-order valence-electron chi connectivity index (χ2n) is 4.66. The van der Waals surface area contributed by atoms with E-state index in [4.69, 9.17) is 4.42 Å². The van der Waals surface area contributed by atoms with Crippen LogP contribution in [-0.2, 0) is 18.4 Å². The topological polar surface area (TPSA) is 89.2 Å². The molecular formula is C14H18N4O3. The fourth-order valence-corrected chi connectivity index (χ4v) is 1.89. The van der Waals surface area contributed by atoms with E-state index in [0.29, 0.717) is 18.0 Å². The lowest BCUT2D eigenvalue weighted by Gasteiger charge is -2.06. The van der Waals surface area contributed by atoms with Crippen molar-refractivity contribution in [3.05, 3.63) is 41.6 Å². The maximum atomic E-state index is 11.9. The Labute approximate surface area is 122 Å². The maximum Gasteiger partial charge on any atom is 0.269 e. The molecule has 0 radical (unpaired) electrons. The molecular weight excluding hydrogens is 272 g/mol. The highest BCUT2D eigenvalue weighted by Gasteiger charge is 2.11.